The molecule has 0 radical (unpaired) electrons. The quantitative estimate of drug-likeness (QED) is 0.611. The summed E-state index contributed by atoms with van der Waals surface area (Å²) in [5.41, 5.74) is 2.10. The van der Waals surface area contributed by atoms with Gasteiger partial charge in [-0.2, -0.15) is 0 Å². The van der Waals surface area contributed by atoms with Crippen molar-refractivity contribution in [3.05, 3.63) is 77.3 Å². The zero-order chi connectivity index (χ0) is 16.5. The zero-order valence-electron chi connectivity index (χ0n) is 12.5. The monoisotopic (exact) mass is 316 g/mol. The van der Waals surface area contributed by atoms with Gasteiger partial charge in [-0.1, -0.05) is 30.3 Å². The van der Waals surface area contributed by atoms with Crippen molar-refractivity contribution in [1.82, 2.24) is 9.97 Å². The van der Waals surface area contributed by atoms with Gasteiger partial charge in [0.15, 0.2) is 5.43 Å². The number of fused-ring (bicyclic) bond motifs is 1. The number of nitrogens with zero attached hydrogens (tertiary/aromatic N) is 2. The second-order valence-electron chi connectivity index (χ2n) is 5.30. The standard InChI is InChI=1S/C19H12N2O3/c22-15-8-13(14-6-7-20-11-21-14)9-18-19(15)16(23)10-17(24-18)12-4-2-1-3-5-12/h1-11,22H. The maximum atomic E-state index is 12.4. The van der Waals surface area contributed by atoms with Crippen molar-refractivity contribution in [3.63, 3.8) is 0 Å². The fraction of sp³-hybridized carbons (Fsp3) is 0. The first-order valence-electron chi connectivity index (χ1n) is 7.35. The van der Waals surface area contributed by atoms with Crippen LogP contribution in [-0.4, -0.2) is 15.1 Å². The first kappa shape index (κ1) is 14.1. The van der Waals surface area contributed by atoms with E-state index < -0.39 is 0 Å². The van der Waals surface area contributed by atoms with Gasteiger partial charge in [0, 0.05) is 23.4 Å². The van der Waals surface area contributed by atoms with Crippen molar-refractivity contribution < 1.29 is 9.52 Å². The molecule has 4 rings (SSSR count). The normalized spacial score (nSPS) is 10.8. The first-order chi connectivity index (χ1) is 11.7. The lowest BCUT2D eigenvalue weighted by atomic mass is 10.1. The predicted molar refractivity (Wildman–Crippen MR) is 90.6 cm³/mol. The average Bonchev–Trinajstić information content (AvgIpc) is 2.62. The van der Waals surface area contributed by atoms with Crippen LogP contribution in [0.1, 0.15) is 0 Å². The highest BCUT2D eigenvalue weighted by Gasteiger charge is 2.13. The topological polar surface area (TPSA) is 76.2 Å². The molecule has 2 aromatic heterocycles. The number of aromatic hydroxyl groups is 1. The van der Waals surface area contributed by atoms with Crippen molar-refractivity contribution in [3.8, 4) is 28.3 Å². The molecule has 0 aliphatic rings. The Balaban J connectivity index is 1.98. The second-order valence-corrected chi connectivity index (χ2v) is 5.30. The first-order valence-corrected chi connectivity index (χ1v) is 7.35. The molecule has 0 aliphatic carbocycles. The number of hydrogen-bond acceptors (Lipinski definition) is 5. The molecular weight excluding hydrogens is 304 g/mol. The SMILES string of the molecule is O=c1cc(-c2ccccc2)oc2cc(-c3ccncn3)cc(O)c12. The number of aromatic nitrogens is 2. The van der Waals surface area contributed by atoms with E-state index in [0.29, 0.717) is 22.6 Å². The predicted octanol–water partition coefficient (Wildman–Crippen LogP) is 3.62. The summed E-state index contributed by atoms with van der Waals surface area (Å²) in [7, 11) is 0. The molecule has 0 atom stereocenters. The molecule has 5 heteroatoms. The van der Waals surface area contributed by atoms with Crippen molar-refractivity contribution in [2.75, 3.05) is 0 Å². The molecule has 0 unspecified atom stereocenters. The van der Waals surface area contributed by atoms with Crippen LogP contribution in [0.3, 0.4) is 0 Å². The molecule has 0 spiro atoms. The maximum Gasteiger partial charge on any atom is 0.197 e. The Kier molecular flexibility index (Phi) is 3.31. The van der Waals surface area contributed by atoms with E-state index in [1.165, 1.54) is 18.5 Å². The molecule has 2 aromatic carbocycles. The van der Waals surface area contributed by atoms with Gasteiger partial charge in [-0.15, -0.1) is 0 Å². The average molecular weight is 316 g/mol. The van der Waals surface area contributed by atoms with Gasteiger partial charge >= 0.3 is 0 Å². The Morgan fingerprint density at radius 1 is 0.958 bits per heavy atom. The van der Waals surface area contributed by atoms with Gasteiger partial charge in [0.1, 0.15) is 28.8 Å². The summed E-state index contributed by atoms with van der Waals surface area (Å²) in [4.78, 5) is 20.4. The van der Waals surface area contributed by atoms with Gasteiger partial charge < -0.3 is 9.52 Å². The Morgan fingerprint density at radius 3 is 2.54 bits per heavy atom. The van der Waals surface area contributed by atoms with Crippen molar-refractivity contribution in [1.29, 1.82) is 0 Å². The third-order valence-corrected chi connectivity index (χ3v) is 3.75. The van der Waals surface area contributed by atoms with Gasteiger partial charge in [-0.05, 0) is 18.2 Å². The van der Waals surface area contributed by atoms with E-state index in [1.807, 2.05) is 30.3 Å². The number of phenols is 1. The lowest BCUT2D eigenvalue weighted by Crippen LogP contribution is -2.01. The molecule has 0 saturated heterocycles. The van der Waals surface area contributed by atoms with E-state index >= 15 is 0 Å². The molecule has 0 fully saturated rings. The molecule has 0 saturated carbocycles. The molecule has 0 aliphatic heterocycles. The number of rotatable bonds is 2. The van der Waals surface area contributed by atoms with Crippen LogP contribution in [0.25, 0.3) is 33.6 Å². The summed E-state index contributed by atoms with van der Waals surface area (Å²) in [5.74, 6) is 0.321. The minimum absolute atomic E-state index is 0.130. The van der Waals surface area contributed by atoms with Crippen LogP contribution in [0.2, 0.25) is 0 Å². The van der Waals surface area contributed by atoms with E-state index in [-0.39, 0.29) is 16.6 Å². The van der Waals surface area contributed by atoms with E-state index in [1.54, 1.807) is 18.3 Å². The second kappa shape index (κ2) is 5.62. The Morgan fingerprint density at radius 2 is 1.79 bits per heavy atom. The van der Waals surface area contributed by atoms with Crippen LogP contribution in [0, 0.1) is 0 Å². The Hall–Kier alpha value is -3.47. The lowest BCUT2D eigenvalue weighted by Gasteiger charge is -2.07. The fourth-order valence-electron chi connectivity index (χ4n) is 2.62. The maximum absolute atomic E-state index is 12.4. The Bertz CT molecular complexity index is 1070. The molecule has 5 nitrogen and oxygen atoms in total. The summed E-state index contributed by atoms with van der Waals surface area (Å²) in [6, 6.07) is 15.7. The van der Waals surface area contributed by atoms with Gasteiger partial charge in [-0.3, -0.25) is 4.79 Å². The highest BCUT2D eigenvalue weighted by Crippen LogP contribution is 2.31. The summed E-state index contributed by atoms with van der Waals surface area (Å²) in [5, 5.41) is 10.4. The fourth-order valence-corrected chi connectivity index (χ4v) is 2.62. The van der Waals surface area contributed by atoms with Crippen LogP contribution in [-0.2, 0) is 0 Å². The highest BCUT2D eigenvalue weighted by molar-refractivity contribution is 5.88. The van der Waals surface area contributed by atoms with Crippen LogP contribution in [0.4, 0.5) is 0 Å². The smallest absolute Gasteiger partial charge is 0.197 e. The minimum atomic E-state index is -0.290. The summed E-state index contributed by atoms with van der Waals surface area (Å²) < 4.78 is 5.87. The third kappa shape index (κ3) is 2.42. The van der Waals surface area contributed by atoms with Gasteiger partial charge in [-0.25, -0.2) is 9.97 Å². The summed E-state index contributed by atoms with van der Waals surface area (Å²) in [6.45, 7) is 0. The van der Waals surface area contributed by atoms with Crippen molar-refractivity contribution >= 4 is 11.0 Å². The van der Waals surface area contributed by atoms with E-state index in [2.05, 4.69) is 9.97 Å². The molecule has 116 valence electrons. The van der Waals surface area contributed by atoms with Gasteiger partial charge in [0.05, 0.1) is 5.69 Å². The van der Waals surface area contributed by atoms with Crippen LogP contribution >= 0.6 is 0 Å². The summed E-state index contributed by atoms with van der Waals surface area (Å²) in [6.07, 6.45) is 3.04. The number of phenolic OH excluding ortho intramolecular Hbond substituents is 1. The molecule has 4 aromatic rings. The largest absolute Gasteiger partial charge is 0.507 e. The summed E-state index contributed by atoms with van der Waals surface area (Å²) >= 11 is 0. The minimum Gasteiger partial charge on any atom is -0.507 e. The molecule has 1 N–H and O–H groups in total. The molecule has 0 amide bonds. The van der Waals surface area contributed by atoms with Crippen molar-refractivity contribution in [2.24, 2.45) is 0 Å². The van der Waals surface area contributed by atoms with E-state index in [4.69, 9.17) is 4.42 Å². The highest BCUT2D eigenvalue weighted by atomic mass is 16.3. The van der Waals surface area contributed by atoms with Crippen molar-refractivity contribution in [2.45, 2.75) is 0 Å². The van der Waals surface area contributed by atoms with Gasteiger partial charge in [0.2, 0.25) is 0 Å². The van der Waals surface area contributed by atoms with E-state index in [0.717, 1.165) is 5.56 Å². The zero-order valence-corrected chi connectivity index (χ0v) is 12.5. The number of benzene rings is 2. The molecule has 0 bridgehead atoms. The Labute approximate surface area is 136 Å². The van der Waals surface area contributed by atoms with Crippen LogP contribution in [0.5, 0.6) is 5.75 Å². The lowest BCUT2D eigenvalue weighted by molar-refractivity contribution is 0.480. The van der Waals surface area contributed by atoms with Gasteiger partial charge in [0.25, 0.3) is 0 Å². The molecule has 24 heavy (non-hydrogen) atoms. The van der Waals surface area contributed by atoms with Crippen LogP contribution < -0.4 is 5.43 Å². The molecule has 2 heterocycles. The van der Waals surface area contributed by atoms with Crippen LogP contribution in [0.15, 0.2) is 76.3 Å². The molecular formula is C19H12N2O3. The number of hydrogen-bond donors (Lipinski definition) is 1. The van der Waals surface area contributed by atoms with E-state index in [9.17, 15) is 9.90 Å². The third-order valence-electron chi connectivity index (χ3n) is 3.75.